The Morgan fingerprint density at radius 2 is 1.86 bits per heavy atom. The molecule has 0 aliphatic carbocycles. The van der Waals surface area contributed by atoms with Gasteiger partial charge >= 0.3 is 6.36 Å². The molecule has 1 N–H and O–H groups in total. The Kier molecular flexibility index (Phi) is 4.87. The number of anilines is 1. The van der Waals surface area contributed by atoms with Crippen LogP contribution in [0.15, 0.2) is 24.3 Å². The molecule has 2 heterocycles. The van der Waals surface area contributed by atoms with Crippen molar-refractivity contribution in [2.24, 2.45) is 11.8 Å². The fourth-order valence-electron chi connectivity index (χ4n) is 3.01. The second kappa shape index (κ2) is 6.34. The van der Waals surface area contributed by atoms with Crippen LogP contribution in [-0.4, -0.2) is 31.9 Å². The van der Waals surface area contributed by atoms with Crippen LogP contribution in [0.25, 0.3) is 0 Å². The van der Waals surface area contributed by atoms with Crippen LogP contribution in [0, 0.1) is 11.8 Å². The Morgan fingerprint density at radius 1 is 1.18 bits per heavy atom. The fraction of sp³-hybridized carbons (Fsp3) is 0.500. The van der Waals surface area contributed by atoms with E-state index in [1.54, 1.807) is 4.90 Å². The number of nitrogens with one attached hydrogen (secondary N) is 1. The second-order valence-electron chi connectivity index (χ2n) is 5.35. The maximum Gasteiger partial charge on any atom is 0.573 e. The highest BCUT2D eigenvalue weighted by molar-refractivity contribution is 5.96. The molecule has 0 aromatic heterocycles. The molecule has 0 spiro atoms. The predicted molar refractivity (Wildman–Crippen MR) is 77.2 cm³/mol. The van der Waals surface area contributed by atoms with Crippen LogP contribution in [0.5, 0.6) is 5.75 Å². The summed E-state index contributed by atoms with van der Waals surface area (Å²) in [6.07, 6.45) is -3.80. The molecule has 8 heteroatoms. The van der Waals surface area contributed by atoms with E-state index < -0.39 is 6.36 Å². The maximum absolute atomic E-state index is 12.4. The van der Waals surface area contributed by atoms with Crippen molar-refractivity contribution in [3.63, 3.8) is 0 Å². The van der Waals surface area contributed by atoms with Crippen molar-refractivity contribution in [3.05, 3.63) is 24.3 Å². The number of alkyl halides is 3. The van der Waals surface area contributed by atoms with E-state index in [2.05, 4.69) is 10.1 Å². The molecule has 22 heavy (non-hydrogen) atoms. The Labute approximate surface area is 132 Å². The largest absolute Gasteiger partial charge is 0.573 e. The summed E-state index contributed by atoms with van der Waals surface area (Å²) < 4.78 is 40.2. The van der Waals surface area contributed by atoms with Crippen LogP contribution < -0.4 is 15.0 Å². The number of rotatable bonds is 2. The van der Waals surface area contributed by atoms with Gasteiger partial charge < -0.3 is 15.0 Å². The van der Waals surface area contributed by atoms with Gasteiger partial charge in [-0.1, -0.05) is 0 Å². The third kappa shape index (κ3) is 3.47. The normalized spacial score (nSPS) is 24.7. The molecule has 1 aromatic carbocycles. The van der Waals surface area contributed by atoms with Gasteiger partial charge in [0.15, 0.2) is 0 Å². The van der Waals surface area contributed by atoms with Crippen LogP contribution in [-0.2, 0) is 4.79 Å². The van der Waals surface area contributed by atoms with E-state index in [-0.39, 0.29) is 30.0 Å². The van der Waals surface area contributed by atoms with Gasteiger partial charge in [-0.2, -0.15) is 0 Å². The second-order valence-corrected chi connectivity index (χ2v) is 5.35. The first-order valence-corrected chi connectivity index (χ1v) is 6.82. The third-order valence-corrected chi connectivity index (χ3v) is 4.03. The van der Waals surface area contributed by atoms with Gasteiger partial charge in [-0.25, -0.2) is 0 Å². The van der Waals surface area contributed by atoms with Crippen LogP contribution in [0.3, 0.4) is 0 Å². The summed E-state index contributed by atoms with van der Waals surface area (Å²) in [5, 5.41) is 3.21. The molecule has 0 bridgehead atoms. The molecule has 2 unspecified atom stereocenters. The molecule has 0 radical (unpaired) electrons. The molecule has 2 aliphatic rings. The lowest BCUT2D eigenvalue weighted by molar-refractivity contribution is -0.274. The number of benzene rings is 1. The summed E-state index contributed by atoms with van der Waals surface area (Å²) in [5.41, 5.74) is 0.611. The average Bonchev–Trinajstić information content (AvgIpc) is 2.88. The van der Waals surface area contributed by atoms with E-state index in [1.807, 2.05) is 0 Å². The number of ether oxygens (including phenoxy) is 1. The lowest BCUT2D eigenvalue weighted by Crippen LogP contribution is -2.45. The molecule has 122 valence electrons. The lowest BCUT2D eigenvalue weighted by atomic mass is 9.87. The molecular weight excluding hydrogens is 321 g/mol. The number of fused-ring (bicyclic) bond motifs is 1. The van der Waals surface area contributed by atoms with Gasteiger partial charge in [0.25, 0.3) is 0 Å². The Hall–Kier alpha value is -1.47. The topological polar surface area (TPSA) is 41.6 Å². The number of hydrogen-bond acceptors (Lipinski definition) is 3. The van der Waals surface area contributed by atoms with E-state index in [1.165, 1.54) is 24.3 Å². The molecule has 2 saturated heterocycles. The van der Waals surface area contributed by atoms with Gasteiger partial charge in [0.05, 0.1) is 5.92 Å². The summed E-state index contributed by atoms with van der Waals surface area (Å²) in [7, 11) is 0. The van der Waals surface area contributed by atoms with E-state index in [9.17, 15) is 18.0 Å². The summed E-state index contributed by atoms with van der Waals surface area (Å²) in [6, 6.07) is 5.44. The van der Waals surface area contributed by atoms with Crippen LogP contribution >= 0.6 is 12.4 Å². The standard InChI is InChI=1S/C14H15F3N2O2.ClH/c15-14(16,17)21-11-3-1-10(2-4-11)19-6-5-9-7-18-8-12(9)13(19)20;/h1-4,9,12,18H,5-8H2;1H. The number of halogens is 4. The van der Waals surface area contributed by atoms with Crippen LogP contribution in [0.1, 0.15) is 6.42 Å². The van der Waals surface area contributed by atoms with E-state index >= 15 is 0 Å². The van der Waals surface area contributed by atoms with Crippen molar-refractivity contribution in [2.45, 2.75) is 12.8 Å². The highest BCUT2D eigenvalue weighted by Crippen LogP contribution is 2.32. The minimum atomic E-state index is -4.70. The molecule has 1 aromatic rings. The summed E-state index contributed by atoms with van der Waals surface area (Å²) in [5.74, 6) is 0.114. The van der Waals surface area contributed by atoms with E-state index in [4.69, 9.17) is 0 Å². The zero-order valence-electron chi connectivity index (χ0n) is 11.6. The van der Waals surface area contributed by atoms with Gasteiger partial charge in [-0.3, -0.25) is 4.79 Å². The van der Waals surface area contributed by atoms with Gasteiger partial charge in [-0.05, 0) is 43.1 Å². The zero-order chi connectivity index (χ0) is 15.0. The monoisotopic (exact) mass is 336 g/mol. The number of carbonyl (C=O) groups excluding carboxylic acids is 1. The Bertz CT molecular complexity index is 536. The number of amides is 1. The van der Waals surface area contributed by atoms with Crippen molar-refractivity contribution in [1.29, 1.82) is 0 Å². The van der Waals surface area contributed by atoms with Crippen LogP contribution in [0.2, 0.25) is 0 Å². The zero-order valence-corrected chi connectivity index (χ0v) is 12.4. The number of hydrogen-bond donors (Lipinski definition) is 1. The maximum atomic E-state index is 12.4. The minimum Gasteiger partial charge on any atom is -0.406 e. The Morgan fingerprint density at radius 3 is 2.50 bits per heavy atom. The first-order chi connectivity index (χ1) is 9.94. The molecule has 2 atom stereocenters. The van der Waals surface area contributed by atoms with Gasteiger partial charge in [0, 0.05) is 18.8 Å². The summed E-state index contributed by atoms with van der Waals surface area (Å²) in [6.45, 7) is 2.14. The average molecular weight is 337 g/mol. The van der Waals surface area contributed by atoms with Crippen molar-refractivity contribution in [1.82, 2.24) is 5.32 Å². The molecule has 4 nitrogen and oxygen atoms in total. The SMILES string of the molecule is Cl.O=C1C2CNCC2CCN1c1ccc(OC(F)(F)F)cc1. The van der Waals surface area contributed by atoms with Gasteiger partial charge in [-0.15, -0.1) is 25.6 Å². The predicted octanol–water partition coefficient (Wildman–Crippen LogP) is 2.58. The highest BCUT2D eigenvalue weighted by atomic mass is 35.5. The quantitative estimate of drug-likeness (QED) is 0.902. The third-order valence-electron chi connectivity index (χ3n) is 4.03. The summed E-state index contributed by atoms with van der Waals surface area (Å²) in [4.78, 5) is 14.0. The number of nitrogens with zero attached hydrogens (tertiary/aromatic N) is 1. The number of carbonyl (C=O) groups is 1. The summed E-state index contributed by atoms with van der Waals surface area (Å²) >= 11 is 0. The highest BCUT2D eigenvalue weighted by Gasteiger charge is 2.40. The first kappa shape index (κ1) is 16.9. The number of piperidine rings is 1. The molecule has 3 rings (SSSR count). The van der Waals surface area contributed by atoms with E-state index in [0.29, 0.717) is 24.7 Å². The molecule has 2 aliphatic heterocycles. The molecule has 1 amide bonds. The van der Waals surface area contributed by atoms with Crippen LogP contribution in [0.4, 0.5) is 18.9 Å². The fourth-order valence-corrected chi connectivity index (χ4v) is 3.01. The smallest absolute Gasteiger partial charge is 0.406 e. The first-order valence-electron chi connectivity index (χ1n) is 6.82. The molecule has 0 saturated carbocycles. The lowest BCUT2D eigenvalue weighted by Gasteiger charge is -2.34. The minimum absolute atomic E-state index is 0. The van der Waals surface area contributed by atoms with E-state index in [0.717, 1.165) is 13.0 Å². The van der Waals surface area contributed by atoms with Gasteiger partial charge in [0.1, 0.15) is 5.75 Å². The van der Waals surface area contributed by atoms with Gasteiger partial charge in [0.2, 0.25) is 5.91 Å². The van der Waals surface area contributed by atoms with Crippen molar-refractivity contribution < 1.29 is 22.7 Å². The van der Waals surface area contributed by atoms with Crippen molar-refractivity contribution in [2.75, 3.05) is 24.5 Å². The van der Waals surface area contributed by atoms with Crippen molar-refractivity contribution >= 4 is 24.0 Å². The molecular formula is C14H16ClF3N2O2. The van der Waals surface area contributed by atoms with Crippen molar-refractivity contribution in [3.8, 4) is 5.75 Å². The molecule has 2 fully saturated rings. The Balaban J connectivity index is 0.00000176.